The minimum absolute atomic E-state index is 0.000531. The third-order valence-corrected chi connectivity index (χ3v) is 4.16. The molecule has 1 aromatic heterocycles. The summed E-state index contributed by atoms with van der Waals surface area (Å²) in [5.41, 5.74) is 1.67. The van der Waals surface area contributed by atoms with Gasteiger partial charge in [-0.25, -0.2) is 14.8 Å². The maximum absolute atomic E-state index is 12.1. The predicted molar refractivity (Wildman–Crippen MR) is 99.6 cm³/mol. The van der Waals surface area contributed by atoms with Crippen molar-refractivity contribution in [2.45, 2.75) is 32.7 Å². The average Bonchev–Trinajstić information content (AvgIpc) is 2.66. The molecule has 1 heterocycles. The Kier molecular flexibility index (Phi) is 7.08. The van der Waals surface area contributed by atoms with Crippen LogP contribution in [0.1, 0.15) is 26.7 Å². The van der Waals surface area contributed by atoms with Gasteiger partial charge in [0.05, 0.1) is 5.69 Å². The number of carbonyl (C=O) groups excluding carboxylic acids is 1. The van der Waals surface area contributed by atoms with Gasteiger partial charge in [0.1, 0.15) is 6.04 Å². The number of nitrogens with one attached hydrogen (secondary N) is 2. The summed E-state index contributed by atoms with van der Waals surface area (Å²) in [7, 11) is 0. The molecule has 0 saturated heterocycles. The molecule has 2 aromatic rings. The topological polar surface area (TPSA) is 104 Å². The third-order valence-electron chi connectivity index (χ3n) is 4.16. The standard InChI is InChI=1S/C19H24N4O3/c1-3-13(4-2)17(24)22-16(18(25)26)12-21-19-20-11-10-15(23-19)14-8-6-5-7-9-14/h5-11,13,16H,3-4,12H2,1-2H3,(H,22,24)(H,25,26)(H,20,21,23)/t16-/m0/s1. The first-order chi connectivity index (χ1) is 12.5. The number of amides is 1. The molecule has 0 saturated carbocycles. The van der Waals surface area contributed by atoms with E-state index in [1.165, 1.54) is 0 Å². The first-order valence-electron chi connectivity index (χ1n) is 8.70. The van der Waals surface area contributed by atoms with Gasteiger partial charge in [0.15, 0.2) is 0 Å². The molecule has 1 atom stereocenters. The van der Waals surface area contributed by atoms with Crippen molar-refractivity contribution in [3.05, 3.63) is 42.6 Å². The van der Waals surface area contributed by atoms with Crippen LogP contribution in [0.3, 0.4) is 0 Å². The molecule has 0 spiro atoms. The SMILES string of the molecule is CCC(CC)C(=O)N[C@@H](CNc1nccc(-c2ccccc2)n1)C(=O)O. The molecule has 0 aliphatic heterocycles. The van der Waals surface area contributed by atoms with Crippen molar-refractivity contribution >= 4 is 17.8 Å². The van der Waals surface area contributed by atoms with Crippen LogP contribution in [0.5, 0.6) is 0 Å². The Morgan fingerprint density at radius 1 is 1.12 bits per heavy atom. The van der Waals surface area contributed by atoms with Gasteiger partial charge < -0.3 is 15.7 Å². The molecule has 26 heavy (non-hydrogen) atoms. The smallest absolute Gasteiger partial charge is 0.328 e. The molecule has 138 valence electrons. The lowest BCUT2D eigenvalue weighted by molar-refractivity contribution is -0.142. The minimum Gasteiger partial charge on any atom is -0.480 e. The van der Waals surface area contributed by atoms with Crippen molar-refractivity contribution < 1.29 is 14.7 Å². The highest BCUT2D eigenvalue weighted by Crippen LogP contribution is 2.16. The molecular formula is C19H24N4O3. The van der Waals surface area contributed by atoms with Crippen molar-refractivity contribution in [3.8, 4) is 11.3 Å². The van der Waals surface area contributed by atoms with Crippen LogP contribution in [0, 0.1) is 5.92 Å². The molecule has 1 aromatic carbocycles. The Morgan fingerprint density at radius 2 is 1.81 bits per heavy atom. The van der Waals surface area contributed by atoms with Crippen molar-refractivity contribution in [3.63, 3.8) is 0 Å². The van der Waals surface area contributed by atoms with E-state index in [9.17, 15) is 14.7 Å². The number of carboxylic acids is 1. The lowest BCUT2D eigenvalue weighted by Gasteiger charge is -2.19. The molecule has 0 unspecified atom stereocenters. The number of anilines is 1. The van der Waals surface area contributed by atoms with Crippen LogP contribution in [0.25, 0.3) is 11.3 Å². The van der Waals surface area contributed by atoms with Crippen LogP contribution in [0.4, 0.5) is 5.95 Å². The van der Waals surface area contributed by atoms with Gasteiger partial charge in [-0.15, -0.1) is 0 Å². The highest BCUT2D eigenvalue weighted by atomic mass is 16.4. The van der Waals surface area contributed by atoms with E-state index in [0.29, 0.717) is 18.8 Å². The summed E-state index contributed by atoms with van der Waals surface area (Å²) in [5, 5.41) is 14.8. The quantitative estimate of drug-likeness (QED) is 0.638. The minimum atomic E-state index is -1.10. The lowest BCUT2D eigenvalue weighted by atomic mass is 10.0. The van der Waals surface area contributed by atoms with E-state index < -0.39 is 12.0 Å². The van der Waals surface area contributed by atoms with Gasteiger partial charge in [-0.2, -0.15) is 0 Å². The molecule has 3 N–H and O–H groups in total. The van der Waals surface area contributed by atoms with E-state index >= 15 is 0 Å². The summed E-state index contributed by atoms with van der Waals surface area (Å²) < 4.78 is 0. The maximum Gasteiger partial charge on any atom is 0.328 e. The zero-order valence-corrected chi connectivity index (χ0v) is 15.0. The Balaban J connectivity index is 2.03. The predicted octanol–water partition coefficient (Wildman–Crippen LogP) is 2.56. The van der Waals surface area contributed by atoms with Crippen LogP contribution < -0.4 is 10.6 Å². The zero-order chi connectivity index (χ0) is 18.9. The first-order valence-corrected chi connectivity index (χ1v) is 8.70. The van der Waals surface area contributed by atoms with Crippen molar-refractivity contribution in [1.82, 2.24) is 15.3 Å². The fourth-order valence-electron chi connectivity index (χ4n) is 2.56. The van der Waals surface area contributed by atoms with Gasteiger partial charge in [-0.1, -0.05) is 44.2 Å². The molecule has 0 aliphatic rings. The van der Waals surface area contributed by atoms with Gasteiger partial charge in [-0.3, -0.25) is 4.79 Å². The molecule has 2 rings (SSSR count). The van der Waals surface area contributed by atoms with Crippen molar-refractivity contribution in [2.24, 2.45) is 5.92 Å². The van der Waals surface area contributed by atoms with E-state index in [4.69, 9.17) is 0 Å². The molecular weight excluding hydrogens is 332 g/mol. The van der Waals surface area contributed by atoms with Gasteiger partial charge in [0.2, 0.25) is 11.9 Å². The molecule has 7 nitrogen and oxygen atoms in total. The number of hydrogen-bond acceptors (Lipinski definition) is 5. The van der Waals surface area contributed by atoms with E-state index in [-0.39, 0.29) is 18.4 Å². The number of rotatable bonds is 9. The normalized spacial score (nSPS) is 11.8. The van der Waals surface area contributed by atoms with Gasteiger partial charge in [-0.05, 0) is 18.9 Å². The van der Waals surface area contributed by atoms with Gasteiger partial charge in [0.25, 0.3) is 0 Å². The summed E-state index contributed by atoms with van der Waals surface area (Å²) in [6.07, 6.45) is 2.95. The van der Waals surface area contributed by atoms with E-state index in [0.717, 1.165) is 11.3 Å². The van der Waals surface area contributed by atoms with Crippen molar-refractivity contribution in [1.29, 1.82) is 0 Å². The maximum atomic E-state index is 12.1. The summed E-state index contributed by atoms with van der Waals surface area (Å²) in [6, 6.07) is 10.3. The monoisotopic (exact) mass is 356 g/mol. The number of aromatic nitrogens is 2. The van der Waals surface area contributed by atoms with Crippen LogP contribution in [-0.2, 0) is 9.59 Å². The number of nitrogens with zero attached hydrogens (tertiary/aromatic N) is 2. The zero-order valence-electron chi connectivity index (χ0n) is 15.0. The van der Waals surface area contributed by atoms with Crippen LogP contribution in [0.2, 0.25) is 0 Å². The Morgan fingerprint density at radius 3 is 2.42 bits per heavy atom. The Labute approximate surface area is 152 Å². The van der Waals surface area contributed by atoms with Gasteiger partial charge in [0, 0.05) is 24.2 Å². The molecule has 0 bridgehead atoms. The third kappa shape index (κ3) is 5.27. The number of hydrogen-bond donors (Lipinski definition) is 3. The van der Waals surface area contributed by atoms with Crippen LogP contribution in [-0.4, -0.2) is 39.5 Å². The largest absolute Gasteiger partial charge is 0.480 e. The molecule has 1 amide bonds. The first kappa shape index (κ1) is 19.4. The van der Waals surface area contributed by atoms with E-state index in [1.807, 2.05) is 44.2 Å². The van der Waals surface area contributed by atoms with E-state index in [2.05, 4.69) is 20.6 Å². The number of carboxylic acid groups (broad SMARTS) is 1. The number of carbonyl (C=O) groups is 2. The summed E-state index contributed by atoms with van der Waals surface area (Å²) in [6.45, 7) is 3.81. The second-order valence-electron chi connectivity index (χ2n) is 5.93. The lowest BCUT2D eigenvalue weighted by Crippen LogP contribution is -2.47. The number of aliphatic carboxylic acids is 1. The Hall–Kier alpha value is -2.96. The number of benzene rings is 1. The summed E-state index contributed by atoms with van der Waals surface area (Å²) in [4.78, 5) is 32.1. The van der Waals surface area contributed by atoms with Crippen LogP contribution >= 0.6 is 0 Å². The average molecular weight is 356 g/mol. The molecule has 0 aliphatic carbocycles. The van der Waals surface area contributed by atoms with Crippen LogP contribution in [0.15, 0.2) is 42.6 Å². The highest BCUT2D eigenvalue weighted by molar-refractivity contribution is 5.85. The summed E-state index contributed by atoms with van der Waals surface area (Å²) in [5.74, 6) is -1.22. The fourth-order valence-corrected chi connectivity index (χ4v) is 2.56. The molecule has 0 radical (unpaired) electrons. The fraction of sp³-hybridized carbons (Fsp3) is 0.368. The second kappa shape index (κ2) is 9.50. The Bertz CT molecular complexity index is 733. The highest BCUT2D eigenvalue weighted by Gasteiger charge is 2.23. The molecule has 0 fully saturated rings. The molecule has 7 heteroatoms. The summed E-state index contributed by atoms with van der Waals surface area (Å²) >= 11 is 0. The van der Waals surface area contributed by atoms with Crippen molar-refractivity contribution in [2.75, 3.05) is 11.9 Å². The van der Waals surface area contributed by atoms with E-state index in [1.54, 1.807) is 12.3 Å². The second-order valence-corrected chi connectivity index (χ2v) is 5.93. The van der Waals surface area contributed by atoms with Gasteiger partial charge >= 0.3 is 5.97 Å².